The second kappa shape index (κ2) is 2.47. The third kappa shape index (κ3) is 1.17. The van der Waals surface area contributed by atoms with E-state index in [0.717, 1.165) is 0 Å². The Balaban J connectivity index is 2.53. The Morgan fingerprint density at radius 1 is 1.64 bits per heavy atom. The standard InChI is InChI=1S/C3H2N6S2/c10-3-6-5-2(11-3)9-1-4-7-8-9/h1H,(H,6,10). The molecule has 0 saturated carbocycles. The Hall–Kier alpha value is -1.15. The maximum atomic E-state index is 4.83. The van der Waals surface area contributed by atoms with Crippen LogP contribution in [0.15, 0.2) is 6.33 Å². The van der Waals surface area contributed by atoms with Crippen LogP contribution in [0, 0.1) is 3.95 Å². The molecule has 2 rings (SSSR count). The first kappa shape index (κ1) is 6.55. The van der Waals surface area contributed by atoms with Crippen LogP contribution in [0.5, 0.6) is 0 Å². The second-order valence-electron chi connectivity index (χ2n) is 1.65. The molecule has 0 amide bonds. The van der Waals surface area contributed by atoms with Gasteiger partial charge in [0.1, 0.15) is 6.33 Å². The molecule has 0 aliphatic heterocycles. The van der Waals surface area contributed by atoms with Crippen molar-refractivity contribution in [2.24, 2.45) is 0 Å². The molecule has 0 unspecified atom stereocenters. The molecular formula is C3H2N6S2. The third-order valence-corrected chi connectivity index (χ3v) is 2.05. The first-order chi connectivity index (χ1) is 5.36. The lowest BCUT2D eigenvalue weighted by Gasteiger charge is -1.84. The van der Waals surface area contributed by atoms with E-state index < -0.39 is 0 Å². The number of aromatic amines is 1. The predicted octanol–water partition coefficient (Wildman–Crippen LogP) is 0.176. The fraction of sp³-hybridized carbons (Fsp3) is 0. The summed E-state index contributed by atoms with van der Waals surface area (Å²) in [5.74, 6) is 0. The number of hydrogen-bond acceptors (Lipinski definition) is 6. The van der Waals surface area contributed by atoms with Crippen LogP contribution in [-0.2, 0) is 0 Å². The summed E-state index contributed by atoms with van der Waals surface area (Å²) in [5, 5.41) is 17.7. The lowest BCUT2D eigenvalue weighted by atomic mass is 11.1. The van der Waals surface area contributed by atoms with Gasteiger partial charge in [0.25, 0.3) is 0 Å². The van der Waals surface area contributed by atoms with E-state index in [0.29, 0.717) is 9.09 Å². The van der Waals surface area contributed by atoms with E-state index in [9.17, 15) is 0 Å². The maximum absolute atomic E-state index is 4.83. The lowest BCUT2D eigenvalue weighted by molar-refractivity contribution is 0.773. The molecule has 0 bridgehead atoms. The average Bonchev–Trinajstić information content (AvgIpc) is 2.55. The number of tetrazole rings is 1. The first-order valence-electron chi connectivity index (χ1n) is 2.65. The van der Waals surface area contributed by atoms with Gasteiger partial charge in [0.15, 0.2) is 3.95 Å². The van der Waals surface area contributed by atoms with E-state index in [2.05, 4.69) is 25.7 Å². The van der Waals surface area contributed by atoms with Crippen LogP contribution in [0.25, 0.3) is 5.13 Å². The Bertz CT molecular complexity index is 384. The summed E-state index contributed by atoms with van der Waals surface area (Å²) in [7, 11) is 0. The number of H-pyrrole nitrogens is 1. The van der Waals surface area contributed by atoms with E-state index in [4.69, 9.17) is 12.2 Å². The molecule has 0 fully saturated rings. The normalized spacial score (nSPS) is 10.2. The topological polar surface area (TPSA) is 72.3 Å². The number of hydrogen-bond donors (Lipinski definition) is 1. The van der Waals surface area contributed by atoms with Gasteiger partial charge in [0.2, 0.25) is 5.13 Å². The van der Waals surface area contributed by atoms with Gasteiger partial charge in [-0.1, -0.05) is 11.3 Å². The molecule has 2 heterocycles. The molecule has 0 aliphatic rings. The van der Waals surface area contributed by atoms with Crippen LogP contribution in [0.4, 0.5) is 0 Å². The molecule has 0 aromatic carbocycles. The Morgan fingerprint density at radius 3 is 3.09 bits per heavy atom. The Labute approximate surface area is 69.9 Å². The summed E-state index contributed by atoms with van der Waals surface area (Å²) in [6, 6.07) is 0. The molecule has 0 spiro atoms. The van der Waals surface area contributed by atoms with Crippen molar-refractivity contribution in [2.75, 3.05) is 0 Å². The first-order valence-corrected chi connectivity index (χ1v) is 3.87. The molecule has 0 aliphatic carbocycles. The van der Waals surface area contributed by atoms with Gasteiger partial charge in [-0.2, -0.15) is 4.68 Å². The van der Waals surface area contributed by atoms with E-state index in [-0.39, 0.29) is 0 Å². The van der Waals surface area contributed by atoms with Gasteiger partial charge in [-0.3, -0.25) is 5.10 Å². The fourth-order valence-electron chi connectivity index (χ4n) is 0.569. The number of rotatable bonds is 1. The molecule has 8 heteroatoms. The molecule has 0 atom stereocenters. The Morgan fingerprint density at radius 2 is 2.55 bits per heavy atom. The highest BCUT2D eigenvalue weighted by atomic mass is 32.1. The van der Waals surface area contributed by atoms with Gasteiger partial charge in [-0.05, 0) is 22.6 Å². The summed E-state index contributed by atoms with van der Waals surface area (Å²) >= 11 is 6.14. The number of aromatic nitrogens is 6. The second-order valence-corrected chi connectivity index (χ2v) is 3.29. The summed E-state index contributed by atoms with van der Waals surface area (Å²) in [4.78, 5) is 0. The van der Waals surface area contributed by atoms with Gasteiger partial charge < -0.3 is 0 Å². The van der Waals surface area contributed by atoms with Crippen molar-refractivity contribution in [3.63, 3.8) is 0 Å². The maximum Gasteiger partial charge on any atom is 0.234 e. The molecule has 11 heavy (non-hydrogen) atoms. The lowest BCUT2D eigenvalue weighted by Crippen LogP contribution is -1.93. The van der Waals surface area contributed by atoms with Crippen molar-refractivity contribution in [2.45, 2.75) is 0 Å². The number of nitrogens with one attached hydrogen (secondary N) is 1. The van der Waals surface area contributed by atoms with Gasteiger partial charge >= 0.3 is 0 Å². The molecule has 2 aromatic rings. The number of nitrogens with zero attached hydrogens (tertiary/aromatic N) is 5. The van der Waals surface area contributed by atoms with Crippen molar-refractivity contribution in [3.8, 4) is 5.13 Å². The molecule has 6 nitrogen and oxygen atoms in total. The summed E-state index contributed by atoms with van der Waals surface area (Å²) in [6.45, 7) is 0. The Kier molecular flexibility index (Phi) is 1.47. The minimum Gasteiger partial charge on any atom is -0.256 e. The molecule has 56 valence electrons. The van der Waals surface area contributed by atoms with Crippen molar-refractivity contribution in [1.29, 1.82) is 0 Å². The van der Waals surface area contributed by atoms with Gasteiger partial charge in [-0.25, -0.2) is 0 Å². The highest BCUT2D eigenvalue weighted by Gasteiger charge is 1.99. The molecule has 2 aromatic heterocycles. The van der Waals surface area contributed by atoms with Crippen molar-refractivity contribution in [3.05, 3.63) is 10.3 Å². The van der Waals surface area contributed by atoms with E-state index in [1.807, 2.05) is 0 Å². The zero-order valence-corrected chi connectivity index (χ0v) is 6.76. The van der Waals surface area contributed by atoms with Crippen molar-refractivity contribution >= 4 is 23.6 Å². The van der Waals surface area contributed by atoms with E-state index in [1.54, 1.807) is 0 Å². The van der Waals surface area contributed by atoms with Gasteiger partial charge in [0.05, 0.1) is 0 Å². The zero-order chi connectivity index (χ0) is 7.68. The largest absolute Gasteiger partial charge is 0.256 e. The minimum atomic E-state index is 0.607. The third-order valence-electron chi connectivity index (χ3n) is 0.972. The molecule has 0 radical (unpaired) electrons. The molecular weight excluding hydrogens is 184 g/mol. The minimum absolute atomic E-state index is 0.607. The van der Waals surface area contributed by atoms with E-state index in [1.165, 1.54) is 22.3 Å². The van der Waals surface area contributed by atoms with Crippen LogP contribution in [0.1, 0.15) is 0 Å². The summed E-state index contributed by atoms with van der Waals surface area (Å²) < 4.78 is 2.05. The SMILES string of the molecule is S=c1[nH]nc(-n2cnnn2)s1. The zero-order valence-electron chi connectivity index (χ0n) is 5.13. The van der Waals surface area contributed by atoms with Crippen molar-refractivity contribution < 1.29 is 0 Å². The van der Waals surface area contributed by atoms with Crippen LogP contribution >= 0.6 is 23.6 Å². The average molecular weight is 186 g/mol. The summed E-state index contributed by atoms with van der Waals surface area (Å²) in [6.07, 6.45) is 1.46. The smallest absolute Gasteiger partial charge is 0.234 e. The fourth-order valence-corrected chi connectivity index (χ4v) is 1.36. The van der Waals surface area contributed by atoms with Crippen molar-refractivity contribution in [1.82, 2.24) is 30.4 Å². The molecule has 0 saturated heterocycles. The predicted molar refractivity (Wildman–Crippen MR) is 40.0 cm³/mol. The highest BCUT2D eigenvalue weighted by Crippen LogP contribution is 2.07. The van der Waals surface area contributed by atoms with Gasteiger partial charge in [0, 0.05) is 0 Å². The summed E-state index contributed by atoms with van der Waals surface area (Å²) in [5.41, 5.74) is 0. The highest BCUT2D eigenvalue weighted by molar-refractivity contribution is 7.73. The van der Waals surface area contributed by atoms with Crippen LogP contribution in [-0.4, -0.2) is 30.4 Å². The van der Waals surface area contributed by atoms with E-state index >= 15 is 0 Å². The van der Waals surface area contributed by atoms with Crippen LogP contribution in [0.3, 0.4) is 0 Å². The quantitative estimate of drug-likeness (QED) is 0.643. The van der Waals surface area contributed by atoms with Crippen LogP contribution in [0.2, 0.25) is 0 Å². The molecule has 1 N–H and O–H groups in total. The van der Waals surface area contributed by atoms with Crippen LogP contribution < -0.4 is 0 Å². The van der Waals surface area contributed by atoms with Gasteiger partial charge in [-0.15, -0.1) is 10.2 Å². The monoisotopic (exact) mass is 186 g/mol.